The average molecular weight is 399 g/mol. The highest BCUT2D eigenvalue weighted by atomic mass is 16.2. The van der Waals surface area contributed by atoms with E-state index in [1.54, 1.807) is 0 Å². The molecule has 1 aliphatic rings. The Bertz CT molecular complexity index is 1040. The molecular weight excluding hydrogens is 372 g/mol. The van der Waals surface area contributed by atoms with Crippen LogP contribution in [0, 0.1) is 0 Å². The van der Waals surface area contributed by atoms with Crippen molar-refractivity contribution in [1.82, 2.24) is 4.90 Å². The predicted octanol–water partition coefficient (Wildman–Crippen LogP) is 4.83. The lowest BCUT2D eigenvalue weighted by Crippen LogP contribution is -2.35. The first kappa shape index (κ1) is 19.9. The first-order chi connectivity index (χ1) is 14.6. The summed E-state index contributed by atoms with van der Waals surface area (Å²) in [6.45, 7) is 3.28. The highest BCUT2D eigenvalue weighted by Crippen LogP contribution is 2.24. The fourth-order valence-electron chi connectivity index (χ4n) is 3.91. The smallest absolute Gasteiger partial charge is 0.228 e. The van der Waals surface area contributed by atoms with Crippen molar-refractivity contribution < 1.29 is 9.59 Å². The Hall–Kier alpha value is -3.40. The Morgan fingerprint density at radius 3 is 2.37 bits per heavy atom. The van der Waals surface area contributed by atoms with Crippen LogP contribution in [0.1, 0.15) is 30.0 Å². The summed E-state index contributed by atoms with van der Waals surface area (Å²) in [5.74, 6) is 0.133. The van der Waals surface area contributed by atoms with Gasteiger partial charge in [-0.3, -0.25) is 9.59 Å². The molecule has 3 aromatic rings. The third-order valence-electron chi connectivity index (χ3n) is 5.58. The number of benzene rings is 3. The van der Waals surface area contributed by atoms with Crippen LogP contribution in [-0.2, 0) is 29.0 Å². The molecule has 3 aromatic carbocycles. The number of hydrogen-bond donors (Lipinski definition) is 1. The molecule has 4 heteroatoms. The van der Waals surface area contributed by atoms with Crippen LogP contribution in [0.15, 0.2) is 72.8 Å². The van der Waals surface area contributed by atoms with E-state index in [9.17, 15) is 9.59 Å². The molecule has 0 saturated heterocycles. The van der Waals surface area contributed by atoms with E-state index in [2.05, 4.69) is 35.6 Å². The van der Waals surface area contributed by atoms with E-state index in [1.165, 1.54) is 5.56 Å². The van der Waals surface area contributed by atoms with Crippen molar-refractivity contribution in [2.24, 2.45) is 0 Å². The van der Waals surface area contributed by atoms with Gasteiger partial charge in [0, 0.05) is 25.2 Å². The molecule has 0 unspecified atom stereocenters. The predicted molar refractivity (Wildman–Crippen MR) is 120 cm³/mol. The summed E-state index contributed by atoms with van der Waals surface area (Å²) in [5, 5.41) is 3.00. The van der Waals surface area contributed by atoms with Gasteiger partial charge >= 0.3 is 0 Å². The largest absolute Gasteiger partial charge is 0.338 e. The minimum Gasteiger partial charge on any atom is -0.338 e. The van der Waals surface area contributed by atoms with Crippen LogP contribution in [0.5, 0.6) is 0 Å². The number of carbonyl (C=O) groups excluding carboxylic acids is 2. The van der Waals surface area contributed by atoms with Crippen molar-refractivity contribution >= 4 is 17.5 Å². The molecule has 4 nitrogen and oxygen atoms in total. The number of carbonyl (C=O) groups is 2. The second kappa shape index (κ2) is 8.95. The molecule has 0 bridgehead atoms. The standard InChI is InChI=1S/C26H26N2O2/c1-2-26(30)28-15-14-22-12-13-24(17-23(22)18-28)27-25(29)16-19-8-10-21(11-9-19)20-6-4-3-5-7-20/h3-13,17H,2,14-16,18H2,1H3,(H,27,29). The van der Waals surface area contributed by atoms with Gasteiger partial charge in [0.15, 0.2) is 0 Å². The monoisotopic (exact) mass is 398 g/mol. The van der Waals surface area contributed by atoms with Gasteiger partial charge in [-0.15, -0.1) is 0 Å². The number of amides is 2. The lowest BCUT2D eigenvalue weighted by atomic mass is 9.98. The maximum atomic E-state index is 12.5. The van der Waals surface area contributed by atoms with Gasteiger partial charge in [0.25, 0.3) is 0 Å². The summed E-state index contributed by atoms with van der Waals surface area (Å²) in [5.41, 5.74) is 6.44. The van der Waals surface area contributed by atoms with Gasteiger partial charge in [-0.05, 0) is 46.4 Å². The van der Waals surface area contributed by atoms with Gasteiger partial charge in [0.05, 0.1) is 6.42 Å². The lowest BCUT2D eigenvalue weighted by molar-refractivity contribution is -0.131. The number of nitrogens with zero attached hydrogens (tertiary/aromatic N) is 1. The Morgan fingerprint density at radius 2 is 1.63 bits per heavy atom. The van der Waals surface area contributed by atoms with E-state index in [1.807, 2.05) is 54.3 Å². The van der Waals surface area contributed by atoms with Gasteiger partial charge in [-0.1, -0.05) is 67.6 Å². The molecule has 0 spiro atoms. The van der Waals surface area contributed by atoms with Gasteiger partial charge < -0.3 is 10.2 Å². The van der Waals surface area contributed by atoms with Crippen LogP contribution in [0.25, 0.3) is 11.1 Å². The zero-order valence-corrected chi connectivity index (χ0v) is 17.2. The van der Waals surface area contributed by atoms with Crippen LogP contribution in [0.4, 0.5) is 5.69 Å². The number of hydrogen-bond acceptors (Lipinski definition) is 2. The first-order valence-electron chi connectivity index (χ1n) is 10.5. The molecule has 1 N–H and O–H groups in total. The number of fused-ring (bicyclic) bond motifs is 1. The minimum absolute atomic E-state index is 0.0419. The van der Waals surface area contributed by atoms with Crippen molar-refractivity contribution in [2.45, 2.75) is 32.7 Å². The normalized spacial score (nSPS) is 12.9. The minimum atomic E-state index is -0.0419. The average Bonchev–Trinajstić information content (AvgIpc) is 2.79. The molecule has 0 radical (unpaired) electrons. The molecule has 2 amide bonds. The van der Waals surface area contributed by atoms with Crippen molar-refractivity contribution in [3.63, 3.8) is 0 Å². The molecule has 30 heavy (non-hydrogen) atoms. The maximum Gasteiger partial charge on any atom is 0.228 e. The van der Waals surface area contributed by atoms with Gasteiger partial charge in [0.2, 0.25) is 11.8 Å². The van der Waals surface area contributed by atoms with Crippen LogP contribution < -0.4 is 5.32 Å². The fourth-order valence-corrected chi connectivity index (χ4v) is 3.91. The third kappa shape index (κ3) is 4.60. The van der Waals surface area contributed by atoms with Crippen molar-refractivity contribution in [3.05, 3.63) is 89.5 Å². The van der Waals surface area contributed by atoms with Crippen molar-refractivity contribution in [1.29, 1.82) is 0 Å². The summed E-state index contributed by atoms with van der Waals surface area (Å²) in [7, 11) is 0. The molecule has 1 aliphatic heterocycles. The third-order valence-corrected chi connectivity index (χ3v) is 5.58. The summed E-state index contributed by atoms with van der Waals surface area (Å²) >= 11 is 0. The summed E-state index contributed by atoms with van der Waals surface area (Å²) in [4.78, 5) is 26.5. The fraction of sp³-hybridized carbons (Fsp3) is 0.231. The second-order valence-electron chi connectivity index (χ2n) is 7.69. The number of anilines is 1. The first-order valence-corrected chi connectivity index (χ1v) is 10.5. The summed E-state index contributed by atoms with van der Waals surface area (Å²) < 4.78 is 0. The van der Waals surface area contributed by atoms with Gasteiger partial charge in [0.1, 0.15) is 0 Å². The van der Waals surface area contributed by atoms with Crippen LogP contribution in [-0.4, -0.2) is 23.3 Å². The van der Waals surface area contributed by atoms with Crippen LogP contribution >= 0.6 is 0 Å². The van der Waals surface area contributed by atoms with E-state index in [4.69, 9.17) is 0 Å². The van der Waals surface area contributed by atoms with Crippen molar-refractivity contribution in [3.8, 4) is 11.1 Å². The second-order valence-corrected chi connectivity index (χ2v) is 7.69. The number of rotatable bonds is 5. The van der Waals surface area contributed by atoms with E-state index in [0.29, 0.717) is 19.4 Å². The SMILES string of the molecule is CCC(=O)N1CCc2ccc(NC(=O)Cc3ccc(-c4ccccc4)cc3)cc2C1. The highest BCUT2D eigenvalue weighted by Gasteiger charge is 2.20. The summed E-state index contributed by atoms with van der Waals surface area (Å²) in [6.07, 6.45) is 1.71. The molecule has 0 saturated carbocycles. The summed E-state index contributed by atoms with van der Waals surface area (Å²) in [6, 6.07) is 24.3. The maximum absolute atomic E-state index is 12.5. The topological polar surface area (TPSA) is 49.4 Å². The van der Waals surface area contributed by atoms with Crippen molar-refractivity contribution in [2.75, 3.05) is 11.9 Å². The molecule has 4 rings (SSSR count). The Kier molecular flexibility index (Phi) is 5.94. The Labute approximate surface area is 177 Å². The van der Waals surface area contributed by atoms with E-state index < -0.39 is 0 Å². The van der Waals surface area contributed by atoms with Gasteiger partial charge in [-0.25, -0.2) is 0 Å². The quantitative estimate of drug-likeness (QED) is 0.669. The Balaban J connectivity index is 1.39. The van der Waals surface area contributed by atoms with Crippen LogP contribution in [0.3, 0.4) is 0 Å². The molecule has 1 heterocycles. The molecular formula is C26H26N2O2. The highest BCUT2D eigenvalue weighted by molar-refractivity contribution is 5.92. The molecule has 0 atom stereocenters. The van der Waals surface area contributed by atoms with Crippen LogP contribution in [0.2, 0.25) is 0 Å². The molecule has 0 aromatic heterocycles. The lowest BCUT2D eigenvalue weighted by Gasteiger charge is -2.29. The zero-order valence-electron chi connectivity index (χ0n) is 17.2. The van der Waals surface area contributed by atoms with E-state index in [0.717, 1.165) is 40.9 Å². The Morgan fingerprint density at radius 1 is 0.900 bits per heavy atom. The van der Waals surface area contributed by atoms with E-state index in [-0.39, 0.29) is 11.8 Å². The molecule has 152 valence electrons. The van der Waals surface area contributed by atoms with E-state index >= 15 is 0 Å². The molecule has 0 fully saturated rings. The zero-order chi connectivity index (χ0) is 20.9. The molecule has 0 aliphatic carbocycles. The van der Waals surface area contributed by atoms with Gasteiger partial charge in [-0.2, -0.15) is 0 Å². The number of nitrogens with one attached hydrogen (secondary N) is 1.